The summed E-state index contributed by atoms with van der Waals surface area (Å²) in [6, 6.07) is 7.80. The van der Waals surface area contributed by atoms with Gasteiger partial charge in [-0.25, -0.2) is 9.48 Å². The predicted octanol–water partition coefficient (Wildman–Crippen LogP) is 1.47. The lowest BCUT2D eigenvalue weighted by atomic mass is 10.2. The fourth-order valence-electron chi connectivity index (χ4n) is 1.89. The van der Waals surface area contributed by atoms with Gasteiger partial charge in [-0.1, -0.05) is 6.92 Å². The number of benzene rings is 1. The molecule has 22 heavy (non-hydrogen) atoms. The minimum atomic E-state index is -1.06. The first-order valence-electron chi connectivity index (χ1n) is 6.79. The summed E-state index contributed by atoms with van der Waals surface area (Å²) >= 11 is 0. The molecule has 0 aliphatic rings. The van der Waals surface area contributed by atoms with Gasteiger partial charge in [-0.15, -0.1) is 0 Å². The second kappa shape index (κ2) is 6.75. The Morgan fingerprint density at radius 3 is 2.55 bits per heavy atom. The number of hydrogen-bond donors (Lipinski definition) is 2. The highest BCUT2D eigenvalue weighted by molar-refractivity contribution is 5.94. The maximum Gasteiger partial charge on any atom is 0.326 e. The lowest BCUT2D eigenvalue weighted by molar-refractivity contribution is -0.139. The Morgan fingerprint density at radius 1 is 1.32 bits per heavy atom. The van der Waals surface area contributed by atoms with Gasteiger partial charge in [-0.2, -0.15) is 5.10 Å². The lowest BCUT2D eigenvalue weighted by Crippen LogP contribution is -2.40. The van der Waals surface area contributed by atoms with E-state index in [1.54, 1.807) is 44.5 Å². The molecule has 1 unspecified atom stereocenters. The van der Waals surface area contributed by atoms with Crippen LogP contribution in [-0.2, 0) is 4.79 Å². The number of carbonyl (C=O) groups excluding carboxylic acids is 1. The second-order valence-electron chi connectivity index (χ2n) is 4.62. The first-order chi connectivity index (χ1) is 10.5. The minimum absolute atomic E-state index is 0.163. The molecule has 0 fully saturated rings. The first kappa shape index (κ1) is 15.6. The zero-order valence-electron chi connectivity index (χ0n) is 12.3. The monoisotopic (exact) mass is 303 g/mol. The molecule has 0 radical (unpaired) electrons. The number of carboxylic acids is 1. The van der Waals surface area contributed by atoms with Gasteiger partial charge in [0.15, 0.2) is 5.69 Å². The van der Waals surface area contributed by atoms with E-state index in [0.717, 1.165) is 11.4 Å². The van der Waals surface area contributed by atoms with Crippen molar-refractivity contribution in [3.05, 3.63) is 42.2 Å². The van der Waals surface area contributed by atoms with Gasteiger partial charge in [0.25, 0.3) is 5.91 Å². The van der Waals surface area contributed by atoms with E-state index in [2.05, 4.69) is 10.4 Å². The fraction of sp³-hybridized carbons (Fsp3) is 0.267. The summed E-state index contributed by atoms with van der Waals surface area (Å²) in [5.41, 5.74) is 0.931. The molecule has 0 bridgehead atoms. The van der Waals surface area contributed by atoms with Crippen LogP contribution in [0.5, 0.6) is 5.75 Å². The highest BCUT2D eigenvalue weighted by Crippen LogP contribution is 2.14. The second-order valence-corrected chi connectivity index (χ2v) is 4.62. The number of nitrogens with zero attached hydrogens (tertiary/aromatic N) is 2. The number of amides is 1. The summed E-state index contributed by atoms with van der Waals surface area (Å²) < 4.78 is 6.62. The van der Waals surface area contributed by atoms with Crippen LogP contribution in [0.15, 0.2) is 36.5 Å². The van der Waals surface area contributed by atoms with E-state index >= 15 is 0 Å². The molecule has 1 aromatic heterocycles. The summed E-state index contributed by atoms with van der Waals surface area (Å²) in [7, 11) is 1.58. The van der Waals surface area contributed by atoms with E-state index in [-0.39, 0.29) is 5.69 Å². The van der Waals surface area contributed by atoms with Crippen LogP contribution in [0.25, 0.3) is 5.69 Å². The molecule has 2 rings (SSSR count). The Labute approximate surface area is 127 Å². The summed E-state index contributed by atoms with van der Waals surface area (Å²) in [5, 5.41) is 15.5. The molecule has 2 aromatic rings. The molecular formula is C15H17N3O4. The van der Waals surface area contributed by atoms with Gasteiger partial charge >= 0.3 is 5.97 Å². The van der Waals surface area contributed by atoms with E-state index in [4.69, 9.17) is 9.84 Å². The highest BCUT2D eigenvalue weighted by Gasteiger charge is 2.19. The summed E-state index contributed by atoms with van der Waals surface area (Å²) in [5.74, 6) is -0.854. The highest BCUT2D eigenvalue weighted by atomic mass is 16.5. The Kier molecular flexibility index (Phi) is 4.77. The Bertz CT molecular complexity index is 664. The third-order valence-electron chi connectivity index (χ3n) is 3.17. The molecule has 1 atom stereocenters. The van der Waals surface area contributed by atoms with Crippen molar-refractivity contribution in [3.63, 3.8) is 0 Å². The number of aliphatic carboxylic acids is 1. The van der Waals surface area contributed by atoms with Crippen molar-refractivity contribution >= 4 is 11.9 Å². The predicted molar refractivity (Wildman–Crippen MR) is 79.3 cm³/mol. The smallest absolute Gasteiger partial charge is 0.326 e. The van der Waals surface area contributed by atoms with Crippen molar-refractivity contribution in [2.75, 3.05) is 7.11 Å². The molecule has 0 saturated heterocycles. The Balaban J connectivity index is 2.13. The summed E-state index contributed by atoms with van der Waals surface area (Å²) in [6.07, 6.45) is 1.94. The largest absolute Gasteiger partial charge is 0.497 e. The van der Waals surface area contributed by atoms with Gasteiger partial charge in [0.1, 0.15) is 11.8 Å². The van der Waals surface area contributed by atoms with Crippen LogP contribution in [0.4, 0.5) is 0 Å². The number of carbonyl (C=O) groups is 2. The number of nitrogens with one attached hydrogen (secondary N) is 1. The van der Waals surface area contributed by atoms with Crippen LogP contribution in [0.3, 0.4) is 0 Å². The Morgan fingerprint density at radius 2 is 2.00 bits per heavy atom. The van der Waals surface area contributed by atoms with Crippen molar-refractivity contribution < 1.29 is 19.4 Å². The summed E-state index contributed by atoms with van der Waals surface area (Å²) in [6.45, 7) is 1.69. The van der Waals surface area contributed by atoms with Crippen LogP contribution in [-0.4, -0.2) is 39.9 Å². The van der Waals surface area contributed by atoms with Gasteiger partial charge in [0.2, 0.25) is 0 Å². The van der Waals surface area contributed by atoms with Crippen LogP contribution < -0.4 is 10.1 Å². The molecule has 7 heteroatoms. The quantitative estimate of drug-likeness (QED) is 0.843. The normalized spacial score (nSPS) is 11.7. The maximum atomic E-state index is 12.0. The first-order valence-corrected chi connectivity index (χ1v) is 6.79. The van der Waals surface area contributed by atoms with Crippen LogP contribution in [0, 0.1) is 0 Å². The van der Waals surface area contributed by atoms with Crippen molar-refractivity contribution in [2.45, 2.75) is 19.4 Å². The molecule has 1 amide bonds. The molecule has 1 aromatic carbocycles. The van der Waals surface area contributed by atoms with Crippen molar-refractivity contribution in [1.82, 2.24) is 15.1 Å². The zero-order valence-corrected chi connectivity index (χ0v) is 12.3. The molecule has 0 saturated carbocycles. The SMILES string of the molecule is CCC(NC(=O)c1ccn(-c2ccc(OC)cc2)n1)C(=O)O. The third-order valence-corrected chi connectivity index (χ3v) is 3.17. The topological polar surface area (TPSA) is 93.5 Å². The van der Waals surface area contributed by atoms with E-state index in [1.165, 1.54) is 10.7 Å². The minimum Gasteiger partial charge on any atom is -0.497 e. The average Bonchev–Trinajstić information content (AvgIpc) is 3.02. The molecule has 0 aliphatic heterocycles. The molecule has 1 heterocycles. The van der Waals surface area contributed by atoms with E-state index in [1.807, 2.05) is 0 Å². The van der Waals surface area contributed by atoms with E-state index in [9.17, 15) is 9.59 Å². The molecule has 2 N–H and O–H groups in total. The Hall–Kier alpha value is -2.83. The van der Waals surface area contributed by atoms with Crippen LogP contribution in [0.1, 0.15) is 23.8 Å². The number of rotatable bonds is 6. The zero-order chi connectivity index (χ0) is 16.1. The van der Waals surface area contributed by atoms with Crippen molar-refractivity contribution in [3.8, 4) is 11.4 Å². The van der Waals surface area contributed by atoms with Gasteiger partial charge < -0.3 is 15.2 Å². The number of ether oxygens (including phenoxy) is 1. The van der Waals surface area contributed by atoms with Gasteiger partial charge in [0, 0.05) is 6.20 Å². The van der Waals surface area contributed by atoms with Crippen LogP contribution >= 0.6 is 0 Å². The van der Waals surface area contributed by atoms with Crippen molar-refractivity contribution in [1.29, 1.82) is 0 Å². The maximum absolute atomic E-state index is 12.0. The fourth-order valence-corrected chi connectivity index (χ4v) is 1.89. The number of carboxylic acid groups (broad SMARTS) is 1. The average molecular weight is 303 g/mol. The van der Waals surface area contributed by atoms with Gasteiger partial charge in [0.05, 0.1) is 12.8 Å². The van der Waals surface area contributed by atoms with Gasteiger partial charge in [-0.05, 0) is 36.8 Å². The molecule has 7 nitrogen and oxygen atoms in total. The third kappa shape index (κ3) is 3.43. The van der Waals surface area contributed by atoms with E-state index < -0.39 is 17.9 Å². The molecular weight excluding hydrogens is 286 g/mol. The lowest BCUT2D eigenvalue weighted by Gasteiger charge is -2.10. The number of aromatic nitrogens is 2. The molecule has 0 spiro atoms. The van der Waals surface area contributed by atoms with Gasteiger partial charge in [-0.3, -0.25) is 4.79 Å². The molecule has 0 aliphatic carbocycles. The van der Waals surface area contributed by atoms with Crippen LogP contribution in [0.2, 0.25) is 0 Å². The van der Waals surface area contributed by atoms with E-state index in [0.29, 0.717) is 6.42 Å². The number of hydrogen-bond acceptors (Lipinski definition) is 4. The molecule has 116 valence electrons. The van der Waals surface area contributed by atoms with Crippen molar-refractivity contribution in [2.24, 2.45) is 0 Å². The summed E-state index contributed by atoms with van der Waals surface area (Å²) in [4.78, 5) is 22.9. The number of methoxy groups -OCH3 is 1. The standard InChI is InChI=1S/C15H17N3O4/c1-3-12(15(20)21)16-14(19)13-8-9-18(17-13)10-4-6-11(22-2)7-5-10/h4-9,12H,3H2,1-2H3,(H,16,19)(H,20,21).